The van der Waals surface area contributed by atoms with Gasteiger partial charge in [0, 0.05) is 17.8 Å². The maximum Gasteiger partial charge on any atom is 0.219 e. The fourth-order valence-corrected chi connectivity index (χ4v) is 1.52. The maximum absolute atomic E-state index is 10.7. The van der Waals surface area contributed by atoms with Crippen molar-refractivity contribution >= 4 is 0 Å². The first-order valence-corrected chi connectivity index (χ1v) is 4.95. The minimum atomic E-state index is -0.701. The van der Waals surface area contributed by atoms with Crippen molar-refractivity contribution in [1.29, 1.82) is 0 Å². The van der Waals surface area contributed by atoms with Crippen molar-refractivity contribution in [2.45, 2.75) is 31.9 Å². The molecule has 0 heterocycles. The summed E-state index contributed by atoms with van der Waals surface area (Å²) in [5.41, 5.74) is 0.930. The highest BCUT2D eigenvalue weighted by molar-refractivity contribution is 5.15. The molecule has 0 aliphatic rings. The molecule has 0 radical (unpaired) electrons. The van der Waals surface area contributed by atoms with Gasteiger partial charge in [0.05, 0.1) is 6.10 Å². The minimum Gasteiger partial charge on any atom is -0.393 e. The summed E-state index contributed by atoms with van der Waals surface area (Å²) in [6.07, 6.45) is -0.0650. The zero-order chi connectivity index (χ0) is 11.3. The summed E-state index contributed by atoms with van der Waals surface area (Å²) in [6.45, 7) is 1.57. The van der Waals surface area contributed by atoms with Gasteiger partial charge in [-0.2, -0.15) is 0 Å². The van der Waals surface area contributed by atoms with E-state index < -0.39 is 12.1 Å². The van der Waals surface area contributed by atoms with E-state index in [1.54, 1.807) is 6.92 Å². The number of aliphatic hydroxyl groups is 1. The van der Waals surface area contributed by atoms with E-state index in [0.717, 1.165) is 5.56 Å². The number of benzene rings is 1. The third-order valence-electron chi connectivity index (χ3n) is 2.23. The van der Waals surface area contributed by atoms with Gasteiger partial charge >= 0.3 is 0 Å². The second kappa shape index (κ2) is 5.46. The number of nitro groups is 1. The Kier molecular flexibility index (Phi) is 4.24. The second-order valence-electron chi connectivity index (χ2n) is 3.71. The molecule has 2 atom stereocenters. The fraction of sp³-hybridized carbons (Fsp3) is 0.455. The van der Waals surface area contributed by atoms with Crippen LogP contribution in [0.25, 0.3) is 0 Å². The van der Waals surface area contributed by atoms with Gasteiger partial charge in [0.25, 0.3) is 0 Å². The van der Waals surface area contributed by atoms with Crippen molar-refractivity contribution in [3.8, 4) is 0 Å². The molecule has 0 aliphatic heterocycles. The van der Waals surface area contributed by atoms with E-state index in [1.165, 1.54) is 0 Å². The van der Waals surface area contributed by atoms with Crippen molar-refractivity contribution in [2.24, 2.45) is 0 Å². The van der Waals surface area contributed by atoms with Gasteiger partial charge in [-0.15, -0.1) is 0 Å². The number of hydrogen-bond acceptors (Lipinski definition) is 3. The predicted molar refractivity (Wildman–Crippen MR) is 57.2 cm³/mol. The molecule has 82 valence electrons. The number of nitrogens with zero attached hydrogens (tertiary/aromatic N) is 1. The molecular formula is C11H15NO3. The summed E-state index contributed by atoms with van der Waals surface area (Å²) in [6, 6.07) is 8.60. The summed E-state index contributed by atoms with van der Waals surface area (Å²) < 4.78 is 0. The van der Waals surface area contributed by atoms with E-state index in [0.29, 0.717) is 6.42 Å². The quantitative estimate of drug-likeness (QED) is 0.592. The van der Waals surface area contributed by atoms with Gasteiger partial charge in [-0.05, 0) is 12.5 Å². The monoisotopic (exact) mass is 209 g/mol. The van der Waals surface area contributed by atoms with Crippen molar-refractivity contribution in [1.82, 2.24) is 0 Å². The maximum atomic E-state index is 10.7. The molecule has 1 aromatic carbocycles. The van der Waals surface area contributed by atoms with Crippen LogP contribution >= 0.6 is 0 Å². The van der Waals surface area contributed by atoms with Crippen LogP contribution in [0.5, 0.6) is 0 Å². The molecule has 0 saturated carbocycles. The van der Waals surface area contributed by atoms with E-state index in [9.17, 15) is 10.1 Å². The molecule has 4 heteroatoms. The first-order chi connectivity index (χ1) is 7.09. The Morgan fingerprint density at radius 2 is 2.00 bits per heavy atom. The Balaban J connectivity index is 2.63. The lowest BCUT2D eigenvalue weighted by atomic mass is 10.0. The van der Waals surface area contributed by atoms with E-state index in [1.807, 2.05) is 30.3 Å². The van der Waals surface area contributed by atoms with Gasteiger partial charge in [-0.25, -0.2) is 0 Å². The molecule has 1 N–H and O–H groups in total. The Hall–Kier alpha value is -1.42. The Bertz CT molecular complexity index is 311. The van der Waals surface area contributed by atoms with Crippen LogP contribution < -0.4 is 0 Å². The third-order valence-corrected chi connectivity index (χ3v) is 2.23. The second-order valence-corrected chi connectivity index (χ2v) is 3.71. The Morgan fingerprint density at radius 3 is 2.47 bits per heavy atom. The number of aliphatic hydroxyl groups excluding tert-OH is 1. The molecule has 1 aromatic rings. The van der Waals surface area contributed by atoms with Crippen LogP contribution in [0.3, 0.4) is 0 Å². The lowest BCUT2D eigenvalue weighted by molar-refractivity contribution is -0.524. The zero-order valence-electron chi connectivity index (χ0n) is 8.67. The molecule has 0 saturated heterocycles. The fourth-order valence-electron chi connectivity index (χ4n) is 1.52. The average Bonchev–Trinajstić information content (AvgIpc) is 2.17. The number of hydrogen-bond donors (Lipinski definition) is 1. The van der Waals surface area contributed by atoms with Gasteiger partial charge in [-0.3, -0.25) is 10.1 Å². The lowest BCUT2D eigenvalue weighted by Crippen LogP contribution is -2.26. The Morgan fingerprint density at radius 1 is 1.40 bits per heavy atom. The molecule has 0 spiro atoms. The van der Waals surface area contributed by atoms with Gasteiger partial charge in [-0.1, -0.05) is 30.3 Å². The molecule has 15 heavy (non-hydrogen) atoms. The zero-order valence-corrected chi connectivity index (χ0v) is 8.67. The molecule has 0 aromatic heterocycles. The summed E-state index contributed by atoms with van der Waals surface area (Å²) in [5.74, 6) is 0. The van der Waals surface area contributed by atoms with Crippen LogP contribution in [0, 0.1) is 10.1 Å². The van der Waals surface area contributed by atoms with E-state index in [-0.39, 0.29) is 11.3 Å². The van der Waals surface area contributed by atoms with Crippen LogP contribution in [-0.2, 0) is 6.42 Å². The van der Waals surface area contributed by atoms with Gasteiger partial charge in [0.15, 0.2) is 0 Å². The highest BCUT2D eigenvalue weighted by Crippen LogP contribution is 2.10. The van der Waals surface area contributed by atoms with E-state index >= 15 is 0 Å². The molecule has 1 rings (SSSR count). The standard InChI is InChI=1S/C11H15NO3/c1-9(13)7-11(12(14)15)8-10-5-3-2-4-6-10/h2-6,9,11,13H,7-8H2,1H3. The van der Waals surface area contributed by atoms with Crippen LogP contribution in [0.15, 0.2) is 30.3 Å². The van der Waals surface area contributed by atoms with Crippen LogP contribution in [0.1, 0.15) is 18.9 Å². The van der Waals surface area contributed by atoms with Gasteiger partial charge in [0.1, 0.15) is 0 Å². The first-order valence-electron chi connectivity index (χ1n) is 4.95. The average molecular weight is 209 g/mol. The normalized spacial score (nSPS) is 14.5. The molecule has 4 nitrogen and oxygen atoms in total. The van der Waals surface area contributed by atoms with E-state index in [4.69, 9.17) is 5.11 Å². The SMILES string of the molecule is CC(O)CC(Cc1ccccc1)[N+](=O)[O-]. The minimum absolute atomic E-state index is 0.196. The summed E-state index contributed by atoms with van der Waals surface area (Å²) in [4.78, 5) is 10.4. The Labute approximate surface area is 88.7 Å². The smallest absolute Gasteiger partial charge is 0.219 e. The predicted octanol–water partition coefficient (Wildman–Crippen LogP) is 1.65. The summed E-state index contributed by atoms with van der Waals surface area (Å²) >= 11 is 0. The molecular weight excluding hydrogens is 194 g/mol. The number of rotatable bonds is 5. The largest absolute Gasteiger partial charge is 0.393 e. The summed E-state index contributed by atoms with van der Waals surface area (Å²) in [5, 5.41) is 19.9. The molecule has 2 unspecified atom stereocenters. The third kappa shape index (κ3) is 4.08. The molecule has 0 fully saturated rings. The summed E-state index contributed by atoms with van der Waals surface area (Å²) in [7, 11) is 0. The highest BCUT2D eigenvalue weighted by Gasteiger charge is 2.22. The van der Waals surface area contributed by atoms with Crippen molar-refractivity contribution in [2.75, 3.05) is 0 Å². The highest BCUT2D eigenvalue weighted by atomic mass is 16.6. The van der Waals surface area contributed by atoms with Gasteiger partial charge < -0.3 is 5.11 Å². The van der Waals surface area contributed by atoms with Crippen molar-refractivity contribution < 1.29 is 10.0 Å². The molecule has 0 bridgehead atoms. The molecule has 0 aliphatic carbocycles. The van der Waals surface area contributed by atoms with Crippen LogP contribution in [-0.4, -0.2) is 22.2 Å². The van der Waals surface area contributed by atoms with Gasteiger partial charge in [0.2, 0.25) is 6.04 Å². The topological polar surface area (TPSA) is 63.4 Å². The van der Waals surface area contributed by atoms with Crippen molar-refractivity contribution in [3.63, 3.8) is 0 Å². The van der Waals surface area contributed by atoms with E-state index in [2.05, 4.69) is 0 Å². The van der Waals surface area contributed by atoms with Crippen LogP contribution in [0.4, 0.5) is 0 Å². The van der Waals surface area contributed by atoms with Crippen LogP contribution in [0.2, 0.25) is 0 Å². The molecule has 0 amide bonds. The van der Waals surface area contributed by atoms with Crippen molar-refractivity contribution in [3.05, 3.63) is 46.0 Å². The lowest BCUT2D eigenvalue weighted by Gasteiger charge is -2.11. The first kappa shape index (κ1) is 11.7.